The van der Waals surface area contributed by atoms with Gasteiger partial charge < -0.3 is 19.1 Å². The molecule has 0 atom stereocenters. The summed E-state index contributed by atoms with van der Waals surface area (Å²) in [5.74, 6) is 1.08. The van der Waals surface area contributed by atoms with Crippen molar-refractivity contribution >= 4 is 0 Å². The highest BCUT2D eigenvalue weighted by molar-refractivity contribution is 5.78. The minimum Gasteiger partial charge on any atom is -0.493 e. The number of hydrogen-bond acceptors (Lipinski definition) is 5. The molecular weight excluding hydrogens is 313 g/mol. The van der Waals surface area contributed by atoms with Crippen molar-refractivity contribution in [3.05, 3.63) is 53.8 Å². The highest BCUT2D eigenvalue weighted by atomic mass is 19.1. The Bertz CT molecular complexity index is 843. The first-order valence-corrected chi connectivity index (χ1v) is 7.26. The zero-order valence-corrected chi connectivity index (χ0v) is 13.2. The number of ether oxygens (including phenoxy) is 2. The van der Waals surface area contributed by atoms with Crippen LogP contribution in [0.15, 0.2) is 47.0 Å². The average molecular weight is 329 g/mol. The lowest BCUT2D eigenvalue weighted by Gasteiger charge is -2.11. The molecular formula is C18H16FNO4. The van der Waals surface area contributed by atoms with Crippen LogP contribution in [0, 0.1) is 5.82 Å². The van der Waals surface area contributed by atoms with E-state index in [0.29, 0.717) is 39.6 Å². The molecule has 3 rings (SSSR count). The summed E-state index contributed by atoms with van der Waals surface area (Å²) in [4.78, 5) is 0. The van der Waals surface area contributed by atoms with Crippen molar-refractivity contribution < 1.29 is 23.5 Å². The molecule has 0 saturated heterocycles. The minimum atomic E-state index is -0.349. The number of methoxy groups -OCH3 is 2. The van der Waals surface area contributed by atoms with Crippen LogP contribution in [-0.2, 0) is 6.61 Å². The van der Waals surface area contributed by atoms with Crippen molar-refractivity contribution in [2.75, 3.05) is 14.2 Å². The molecule has 0 fully saturated rings. The van der Waals surface area contributed by atoms with Crippen LogP contribution < -0.4 is 9.47 Å². The third kappa shape index (κ3) is 2.72. The van der Waals surface area contributed by atoms with Gasteiger partial charge in [-0.05, 0) is 36.4 Å². The van der Waals surface area contributed by atoms with Crippen LogP contribution in [0.1, 0.15) is 5.56 Å². The van der Waals surface area contributed by atoms with Crippen molar-refractivity contribution in [1.29, 1.82) is 0 Å². The molecule has 2 aromatic carbocycles. The topological polar surface area (TPSA) is 64.7 Å². The second-order valence-electron chi connectivity index (χ2n) is 5.04. The molecule has 0 aliphatic carbocycles. The Morgan fingerprint density at radius 3 is 2.46 bits per heavy atom. The number of aliphatic hydroxyl groups is 1. The molecule has 0 saturated carbocycles. The van der Waals surface area contributed by atoms with Crippen LogP contribution in [0.3, 0.4) is 0 Å². The van der Waals surface area contributed by atoms with Crippen LogP contribution in [0.4, 0.5) is 4.39 Å². The Hall–Kier alpha value is -2.86. The third-order valence-electron chi connectivity index (χ3n) is 3.71. The van der Waals surface area contributed by atoms with Crippen molar-refractivity contribution in [2.45, 2.75) is 6.61 Å². The summed E-state index contributed by atoms with van der Waals surface area (Å²) < 4.78 is 29.2. The second-order valence-corrected chi connectivity index (χ2v) is 5.04. The predicted molar refractivity (Wildman–Crippen MR) is 86.4 cm³/mol. The average Bonchev–Trinajstić information content (AvgIpc) is 3.05. The van der Waals surface area contributed by atoms with Crippen molar-refractivity contribution in [1.82, 2.24) is 5.16 Å². The molecule has 124 valence electrons. The van der Waals surface area contributed by atoms with Crippen LogP contribution >= 0.6 is 0 Å². The first-order valence-electron chi connectivity index (χ1n) is 7.26. The Kier molecular flexibility index (Phi) is 4.48. The number of halogens is 1. The summed E-state index contributed by atoms with van der Waals surface area (Å²) >= 11 is 0. The Labute approximate surface area is 138 Å². The zero-order valence-electron chi connectivity index (χ0n) is 13.2. The SMILES string of the molecule is COc1cccc(-c2noc(-c3ccc(F)cc3)c2CO)c1OC. The van der Waals surface area contributed by atoms with E-state index < -0.39 is 0 Å². The molecule has 0 amide bonds. The van der Waals surface area contributed by atoms with E-state index in [4.69, 9.17) is 14.0 Å². The zero-order chi connectivity index (χ0) is 17.1. The maximum absolute atomic E-state index is 13.1. The first kappa shape index (κ1) is 16.0. The molecule has 5 nitrogen and oxygen atoms in total. The molecule has 0 bridgehead atoms. The summed E-state index contributed by atoms with van der Waals surface area (Å²) in [6.07, 6.45) is 0. The van der Waals surface area contributed by atoms with Gasteiger partial charge in [-0.25, -0.2) is 4.39 Å². The van der Waals surface area contributed by atoms with Gasteiger partial charge in [-0.15, -0.1) is 0 Å². The fourth-order valence-corrected chi connectivity index (χ4v) is 2.57. The van der Waals surface area contributed by atoms with Gasteiger partial charge >= 0.3 is 0 Å². The monoisotopic (exact) mass is 329 g/mol. The molecule has 1 heterocycles. The molecule has 1 N–H and O–H groups in total. The second kappa shape index (κ2) is 6.72. The third-order valence-corrected chi connectivity index (χ3v) is 3.71. The van der Waals surface area contributed by atoms with Gasteiger partial charge in [0.25, 0.3) is 0 Å². The highest BCUT2D eigenvalue weighted by Crippen LogP contribution is 2.41. The molecule has 24 heavy (non-hydrogen) atoms. The molecule has 0 aliphatic rings. The van der Waals surface area contributed by atoms with E-state index in [1.165, 1.54) is 19.2 Å². The van der Waals surface area contributed by atoms with Crippen LogP contribution in [0.25, 0.3) is 22.6 Å². The van der Waals surface area contributed by atoms with Crippen molar-refractivity contribution in [3.8, 4) is 34.1 Å². The van der Waals surface area contributed by atoms with Gasteiger partial charge in [0.1, 0.15) is 11.5 Å². The van der Waals surface area contributed by atoms with E-state index in [0.717, 1.165) is 0 Å². The van der Waals surface area contributed by atoms with E-state index in [1.54, 1.807) is 37.4 Å². The van der Waals surface area contributed by atoms with E-state index in [-0.39, 0.29) is 12.4 Å². The smallest absolute Gasteiger partial charge is 0.173 e. The lowest BCUT2D eigenvalue weighted by molar-refractivity contribution is 0.281. The number of nitrogens with zero attached hydrogens (tertiary/aromatic N) is 1. The molecule has 6 heteroatoms. The minimum absolute atomic E-state index is 0.286. The number of hydrogen-bond donors (Lipinski definition) is 1. The van der Waals surface area contributed by atoms with Crippen molar-refractivity contribution in [2.24, 2.45) is 0 Å². The Morgan fingerprint density at radius 2 is 1.83 bits per heavy atom. The normalized spacial score (nSPS) is 10.7. The van der Waals surface area contributed by atoms with Crippen LogP contribution in [0.2, 0.25) is 0 Å². The Balaban J connectivity index is 2.16. The number of para-hydroxylation sites is 1. The van der Waals surface area contributed by atoms with Crippen LogP contribution in [0.5, 0.6) is 11.5 Å². The molecule has 0 radical (unpaired) electrons. The predicted octanol–water partition coefficient (Wildman–Crippen LogP) is 3.66. The van der Waals surface area contributed by atoms with E-state index in [1.807, 2.05) is 0 Å². The Morgan fingerprint density at radius 1 is 1.08 bits per heavy atom. The maximum atomic E-state index is 13.1. The largest absolute Gasteiger partial charge is 0.493 e. The summed E-state index contributed by atoms with van der Waals surface area (Å²) in [7, 11) is 3.07. The van der Waals surface area contributed by atoms with Gasteiger partial charge in [0.2, 0.25) is 0 Å². The summed E-state index contributed by atoms with van der Waals surface area (Å²) in [5, 5.41) is 13.9. The standard InChI is InChI=1S/C18H16FNO4/c1-22-15-5-3-4-13(18(15)23-2)16-14(10-21)17(24-20-16)11-6-8-12(19)9-7-11/h3-9,21H,10H2,1-2H3. The van der Waals surface area contributed by atoms with E-state index in [9.17, 15) is 9.50 Å². The molecule has 0 unspecified atom stereocenters. The highest BCUT2D eigenvalue weighted by Gasteiger charge is 2.22. The lowest BCUT2D eigenvalue weighted by Crippen LogP contribution is -1.95. The summed E-state index contributed by atoms with van der Waals surface area (Å²) in [5.41, 5.74) is 2.21. The van der Waals surface area contributed by atoms with E-state index in [2.05, 4.69) is 5.16 Å². The molecule has 3 aromatic rings. The number of aliphatic hydroxyl groups excluding tert-OH is 1. The maximum Gasteiger partial charge on any atom is 0.173 e. The number of rotatable bonds is 5. The fourth-order valence-electron chi connectivity index (χ4n) is 2.57. The van der Waals surface area contributed by atoms with Gasteiger partial charge in [-0.3, -0.25) is 0 Å². The van der Waals surface area contributed by atoms with E-state index >= 15 is 0 Å². The van der Waals surface area contributed by atoms with Gasteiger partial charge in [-0.1, -0.05) is 11.2 Å². The summed E-state index contributed by atoms with van der Waals surface area (Å²) in [6.45, 7) is -0.286. The first-order chi connectivity index (χ1) is 11.7. The molecule has 0 spiro atoms. The van der Waals surface area contributed by atoms with Gasteiger partial charge in [0, 0.05) is 5.56 Å². The lowest BCUT2D eigenvalue weighted by atomic mass is 10.0. The quantitative estimate of drug-likeness (QED) is 0.774. The number of aromatic nitrogens is 1. The van der Waals surface area contributed by atoms with Crippen molar-refractivity contribution in [3.63, 3.8) is 0 Å². The fraction of sp³-hybridized carbons (Fsp3) is 0.167. The van der Waals surface area contributed by atoms with Gasteiger partial charge in [0.15, 0.2) is 17.3 Å². The van der Waals surface area contributed by atoms with Crippen LogP contribution in [-0.4, -0.2) is 24.5 Å². The van der Waals surface area contributed by atoms with Gasteiger partial charge in [-0.2, -0.15) is 0 Å². The molecule has 0 aliphatic heterocycles. The van der Waals surface area contributed by atoms with Gasteiger partial charge in [0.05, 0.1) is 32.0 Å². The summed E-state index contributed by atoms with van der Waals surface area (Å²) in [6, 6.07) is 11.2. The molecule has 1 aromatic heterocycles. The number of benzene rings is 2.